The summed E-state index contributed by atoms with van der Waals surface area (Å²) >= 11 is 3.17. The molecule has 2 nitrogen and oxygen atoms in total. The minimum Gasteiger partial charge on any atom is -0.410 e. The number of hydrogen-bond donors (Lipinski definition) is 0. The zero-order chi connectivity index (χ0) is 16.7. The first-order valence-electron chi connectivity index (χ1n) is 7.40. The van der Waals surface area contributed by atoms with Gasteiger partial charge in [-0.3, -0.25) is 4.79 Å². The normalized spacial score (nSPS) is 19.5. The molecule has 1 aromatic carbocycles. The summed E-state index contributed by atoms with van der Waals surface area (Å²) in [6, 6.07) is 5.00. The lowest BCUT2D eigenvalue weighted by atomic mass is 10.0. The van der Waals surface area contributed by atoms with Gasteiger partial charge in [-0.2, -0.15) is 0 Å². The summed E-state index contributed by atoms with van der Waals surface area (Å²) in [5, 5.41) is 0.0770. The van der Waals surface area contributed by atoms with E-state index in [1.165, 1.54) is 0 Å². The zero-order valence-corrected chi connectivity index (χ0v) is 16.3. The highest BCUT2D eigenvalue weighted by atomic mass is 79.9. The molecule has 0 aliphatic heterocycles. The second kappa shape index (κ2) is 6.02. The number of rotatable bonds is 3. The number of allylic oxidation sites excluding steroid dienone is 1. The van der Waals surface area contributed by atoms with Crippen molar-refractivity contribution in [1.82, 2.24) is 0 Å². The average Bonchev–Trinajstić information content (AvgIpc) is 2.71. The van der Waals surface area contributed by atoms with Crippen LogP contribution in [-0.4, -0.2) is 20.2 Å². The van der Waals surface area contributed by atoms with Gasteiger partial charge in [0.05, 0.1) is 10.6 Å². The van der Waals surface area contributed by atoms with E-state index >= 15 is 0 Å². The van der Waals surface area contributed by atoms with Crippen LogP contribution >= 0.6 is 15.9 Å². The first-order valence-corrected chi connectivity index (χ1v) is 11.1. The number of ketones is 1. The summed E-state index contributed by atoms with van der Waals surface area (Å²) in [4.78, 5) is 12.3. The van der Waals surface area contributed by atoms with Crippen LogP contribution in [0.5, 0.6) is 0 Å². The summed E-state index contributed by atoms with van der Waals surface area (Å²) in [7, 11) is -1.95. The Morgan fingerprint density at radius 2 is 1.95 bits per heavy atom. The Labute approximate surface area is 141 Å². The summed E-state index contributed by atoms with van der Waals surface area (Å²) < 4.78 is 20.8. The maximum absolute atomic E-state index is 14.2. The first-order chi connectivity index (χ1) is 10.0. The summed E-state index contributed by atoms with van der Waals surface area (Å²) in [5.74, 6) is -0.448. The topological polar surface area (TPSA) is 26.3 Å². The van der Waals surface area contributed by atoms with E-state index in [9.17, 15) is 9.18 Å². The second-order valence-electron chi connectivity index (χ2n) is 7.23. The molecule has 0 saturated heterocycles. The van der Waals surface area contributed by atoms with Crippen LogP contribution in [0.2, 0.25) is 18.1 Å². The Bertz CT molecular complexity index is 632. The molecule has 0 saturated carbocycles. The molecule has 2 rings (SSSR count). The fourth-order valence-electron chi connectivity index (χ4n) is 2.21. The van der Waals surface area contributed by atoms with Crippen molar-refractivity contribution < 1.29 is 13.6 Å². The highest BCUT2D eigenvalue weighted by Gasteiger charge is 2.40. The lowest BCUT2D eigenvalue weighted by Crippen LogP contribution is -2.43. The Hall–Kier alpha value is -0.783. The van der Waals surface area contributed by atoms with E-state index in [0.717, 1.165) is 0 Å². The van der Waals surface area contributed by atoms with Crippen LogP contribution in [0, 0.1) is 5.82 Å². The van der Waals surface area contributed by atoms with Crippen LogP contribution in [0.15, 0.2) is 28.7 Å². The smallest absolute Gasteiger partial charge is 0.192 e. The molecule has 5 heteroatoms. The van der Waals surface area contributed by atoms with Crippen molar-refractivity contribution in [3.8, 4) is 0 Å². The quantitative estimate of drug-likeness (QED) is 0.657. The van der Waals surface area contributed by atoms with E-state index in [-0.39, 0.29) is 16.9 Å². The van der Waals surface area contributed by atoms with Crippen LogP contribution in [0.25, 0.3) is 5.57 Å². The fraction of sp³-hybridized carbons (Fsp3) is 0.471. The van der Waals surface area contributed by atoms with Crippen LogP contribution in [0.3, 0.4) is 0 Å². The van der Waals surface area contributed by atoms with Gasteiger partial charge in [-0.25, -0.2) is 4.39 Å². The fourth-order valence-corrected chi connectivity index (χ4v) is 3.84. The van der Waals surface area contributed by atoms with Crippen molar-refractivity contribution in [3.63, 3.8) is 0 Å². The second-order valence-corrected chi connectivity index (χ2v) is 12.8. The molecule has 0 spiro atoms. The van der Waals surface area contributed by atoms with Gasteiger partial charge in [0.25, 0.3) is 0 Å². The van der Waals surface area contributed by atoms with E-state index in [1.54, 1.807) is 24.3 Å². The van der Waals surface area contributed by atoms with E-state index in [1.807, 2.05) is 0 Å². The third kappa shape index (κ3) is 3.41. The highest BCUT2D eigenvalue weighted by molar-refractivity contribution is 9.10. The standard InChI is InChI=1S/C17H22BrFO2Si/c1-17(2,3)22(4,5)21-11-9-13(15(20)10-11)12-7-6-8-14(18)16(12)19/h6-9,11H,10H2,1-5H3/t11-/m0/s1. The van der Waals surface area contributed by atoms with Gasteiger partial charge in [0.1, 0.15) is 5.82 Å². The van der Waals surface area contributed by atoms with Crippen molar-refractivity contribution in [3.05, 3.63) is 40.1 Å². The van der Waals surface area contributed by atoms with E-state index in [4.69, 9.17) is 4.43 Å². The van der Waals surface area contributed by atoms with E-state index in [2.05, 4.69) is 49.8 Å². The lowest BCUT2D eigenvalue weighted by molar-refractivity contribution is -0.114. The van der Waals surface area contributed by atoms with Gasteiger partial charge in [0, 0.05) is 17.6 Å². The monoisotopic (exact) mass is 384 g/mol. The summed E-state index contributed by atoms with van der Waals surface area (Å²) in [6.07, 6.45) is 1.84. The molecule has 1 aliphatic rings. The van der Waals surface area contributed by atoms with Gasteiger partial charge < -0.3 is 4.43 Å². The molecule has 0 heterocycles. The summed E-state index contributed by atoms with van der Waals surface area (Å²) in [6.45, 7) is 10.8. The molecule has 0 amide bonds. The van der Waals surface area contributed by atoms with Gasteiger partial charge >= 0.3 is 0 Å². The molecule has 0 N–H and O–H groups in total. The SMILES string of the molecule is CC(C)(C)[Si](C)(C)O[C@H]1C=C(c2cccc(Br)c2F)C(=O)C1. The van der Waals surface area contributed by atoms with Crippen molar-refractivity contribution in [2.45, 2.75) is 51.4 Å². The molecule has 0 fully saturated rings. The van der Waals surface area contributed by atoms with Gasteiger partial charge in [-0.15, -0.1) is 0 Å². The largest absolute Gasteiger partial charge is 0.410 e. The Morgan fingerprint density at radius 1 is 1.32 bits per heavy atom. The molecule has 1 atom stereocenters. The Kier molecular flexibility index (Phi) is 4.81. The Balaban J connectivity index is 2.29. The predicted molar refractivity (Wildman–Crippen MR) is 93.8 cm³/mol. The molecule has 0 radical (unpaired) electrons. The average molecular weight is 385 g/mol. The third-order valence-corrected chi connectivity index (χ3v) is 9.65. The van der Waals surface area contributed by atoms with Crippen molar-refractivity contribution in [2.75, 3.05) is 0 Å². The van der Waals surface area contributed by atoms with Gasteiger partial charge in [0.15, 0.2) is 14.1 Å². The number of carbonyl (C=O) groups excluding carboxylic acids is 1. The van der Waals surface area contributed by atoms with Gasteiger partial charge in [-0.05, 0) is 46.2 Å². The molecule has 120 valence electrons. The molecular formula is C17H22BrFO2Si. The minimum absolute atomic E-state index is 0.0549. The Morgan fingerprint density at radius 3 is 2.55 bits per heavy atom. The molecule has 0 unspecified atom stereocenters. The van der Waals surface area contributed by atoms with Crippen molar-refractivity contribution in [2.24, 2.45) is 0 Å². The first kappa shape index (κ1) is 17.6. The number of carbonyl (C=O) groups is 1. The molecule has 1 aromatic rings. The predicted octanol–water partition coefficient (Wildman–Crippen LogP) is 5.33. The van der Waals surface area contributed by atoms with Gasteiger partial charge in [-0.1, -0.05) is 32.9 Å². The molecule has 1 aliphatic carbocycles. The van der Waals surface area contributed by atoms with Crippen LogP contribution < -0.4 is 0 Å². The zero-order valence-electron chi connectivity index (χ0n) is 13.7. The highest BCUT2D eigenvalue weighted by Crippen LogP contribution is 2.39. The van der Waals surface area contributed by atoms with Crippen LogP contribution in [-0.2, 0) is 9.22 Å². The third-order valence-electron chi connectivity index (χ3n) is 4.53. The lowest BCUT2D eigenvalue weighted by Gasteiger charge is -2.37. The number of halogens is 2. The minimum atomic E-state index is -1.95. The van der Waals surface area contributed by atoms with Crippen LogP contribution in [0.1, 0.15) is 32.8 Å². The van der Waals surface area contributed by atoms with Crippen molar-refractivity contribution >= 4 is 35.6 Å². The molecule has 22 heavy (non-hydrogen) atoms. The maximum atomic E-state index is 14.2. The molecule has 0 bridgehead atoms. The summed E-state index contributed by atoms with van der Waals surface area (Å²) in [5.41, 5.74) is 0.781. The number of Topliss-reactive ketones (excluding diaryl/α,β-unsaturated/α-hetero) is 1. The van der Waals surface area contributed by atoms with Crippen LogP contribution in [0.4, 0.5) is 4.39 Å². The van der Waals surface area contributed by atoms with E-state index in [0.29, 0.717) is 22.0 Å². The maximum Gasteiger partial charge on any atom is 0.192 e. The number of hydrogen-bond acceptors (Lipinski definition) is 2. The van der Waals surface area contributed by atoms with Crippen molar-refractivity contribution in [1.29, 1.82) is 0 Å². The van der Waals surface area contributed by atoms with E-state index < -0.39 is 14.1 Å². The molecule has 0 aromatic heterocycles. The van der Waals surface area contributed by atoms with Gasteiger partial charge in [0.2, 0.25) is 0 Å². The molecular weight excluding hydrogens is 363 g/mol. The number of benzene rings is 1.